The van der Waals surface area contributed by atoms with Crippen molar-refractivity contribution in [3.05, 3.63) is 16.0 Å². The van der Waals surface area contributed by atoms with Crippen LogP contribution < -0.4 is 21.5 Å². The Labute approximate surface area is 159 Å². The maximum Gasteiger partial charge on any atom is 0.249 e. The predicted molar refractivity (Wildman–Crippen MR) is 101 cm³/mol. The molecule has 1 fully saturated rings. The number of hydrogen-bond donors (Lipinski definition) is 3. The summed E-state index contributed by atoms with van der Waals surface area (Å²) in [6.45, 7) is 4.43. The molecule has 1 saturated heterocycles. The maximum atomic E-state index is 11.2. The molecule has 0 saturated carbocycles. The van der Waals surface area contributed by atoms with Crippen LogP contribution in [0.2, 0.25) is 0 Å². The van der Waals surface area contributed by atoms with Gasteiger partial charge < -0.3 is 5.73 Å². The molecule has 2 unspecified atom stereocenters. The highest BCUT2D eigenvalue weighted by atomic mass is 32.2. The average molecular weight is 392 g/mol. The number of fused-ring (bicyclic) bond motifs is 8. The van der Waals surface area contributed by atoms with Crippen LogP contribution in [0.15, 0.2) is 5.16 Å². The molecule has 0 aromatic carbocycles. The van der Waals surface area contributed by atoms with Gasteiger partial charge in [-0.1, -0.05) is 18.7 Å². The second-order valence-corrected chi connectivity index (χ2v) is 9.14. The summed E-state index contributed by atoms with van der Waals surface area (Å²) in [5, 5.41) is 16.3. The number of hydrogen-bond acceptors (Lipinski definition) is 8. The van der Waals surface area contributed by atoms with Crippen molar-refractivity contribution in [1.29, 1.82) is 0 Å². The van der Waals surface area contributed by atoms with Crippen molar-refractivity contribution in [2.75, 3.05) is 10.8 Å². The molecule has 10 heteroatoms. The van der Waals surface area contributed by atoms with Crippen molar-refractivity contribution < 1.29 is 4.79 Å². The number of aryl methyl sites for hydroxylation is 1. The third kappa shape index (κ3) is 2.32. The molecule has 26 heavy (non-hydrogen) atoms. The zero-order chi connectivity index (χ0) is 18.0. The van der Waals surface area contributed by atoms with Crippen LogP contribution >= 0.6 is 23.1 Å². The summed E-state index contributed by atoms with van der Waals surface area (Å²) < 4.78 is 2.09. The average Bonchev–Trinajstić information content (AvgIpc) is 3.26. The molecule has 0 bridgehead atoms. The van der Waals surface area contributed by atoms with E-state index in [1.807, 2.05) is 11.3 Å². The maximum absolute atomic E-state index is 11.2. The summed E-state index contributed by atoms with van der Waals surface area (Å²) in [5.74, 6) is 1.16. The fourth-order valence-corrected chi connectivity index (χ4v) is 6.43. The minimum absolute atomic E-state index is 0.0613. The van der Waals surface area contributed by atoms with Crippen molar-refractivity contribution in [3.8, 4) is 5.00 Å². The number of nitrogens with one attached hydrogen (secondary N) is 2. The number of amides is 1. The fraction of sp³-hybridized carbons (Fsp3) is 0.562. The lowest BCUT2D eigenvalue weighted by molar-refractivity contribution is -0.115. The Hall–Kier alpha value is -1.62. The van der Waals surface area contributed by atoms with E-state index in [9.17, 15) is 4.79 Å². The summed E-state index contributed by atoms with van der Waals surface area (Å²) in [7, 11) is 0. The number of hydrazine groups is 1. The summed E-state index contributed by atoms with van der Waals surface area (Å²) in [6.07, 6.45) is 3.80. The molecule has 138 valence electrons. The van der Waals surface area contributed by atoms with Crippen LogP contribution in [0.25, 0.3) is 5.00 Å². The van der Waals surface area contributed by atoms with Crippen molar-refractivity contribution in [3.63, 3.8) is 0 Å². The summed E-state index contributed by atoms with van der Waals surface area (Å²) in [5.41, 5.74) is 11.6. The van der Waals surface area contributed by atoms with Gasteiger partial charge in [-0.25, -0.2) is 9.99 Å². The molecular weight excluding hydrogens is 370 g/mol. The predicted octanol–water partition coefficient (Wildman–Crippen LogP) is 1.62. The van der Waals surface area contributed by atoms with Crippen LogP contribution in [-0.2, 0) is 11.2 Å². The molecule has 2 aliphatic heterocycles. The van der Waals surface area contributed by atoms with Gasteiger partial charge >= 0.3 is 0 Å². The van der Waals surface area contributed by atoms with Crippen LogP contribution in [0.1, 0.15) is 54.8 Å². The van der Waals surface area contributed by atoms with E-state index in [1.54, 1.807) is 0 Å². The topological polar surface area (TPSA) is 101 Å². The van der Waals surface area contributed by atoms with Gasteiger partial charge in [0.25, 0.3) is 0 Å². The van der Waals surface area contributed by atoms with Gasteiger partial charge in [0.2, 0.25) is 11.9 Å². The smallest absolute Gasteiger partial charge is 0.249 e. The van der Waals surface area contributed by atoms with E-state index in [2.05, 4.69) is 44.4 Å². The van der Waals surface area contributed by atoms with Crippen LogP contribution in [0.4, 0.5) is 5.95 Å². The van der Waals surface area contributed by atoms with E-state index in [-0.39, 0.29) is 24.0 Å². The number of thiophene rings is 1. The number of thioether (sulfide) groups is 1. The van der Waals surface area contributed by atoms with Gasteiger partial charge in [0.15, 0.2) is 5.16 Å². The molecule has 8 nitrogen and oxygen atoms in total. The number of carbonyl (C=O) groups is 1. The van der Waals surface area contributed by atoms with Crippen LogP contribution in [0.5, 0.6) is 0 Å². The fourth-order valence-electron chi connectivity index (χ4n) is 4.20. The third-order valence-corrected chi connectivity index (χ3v) is 7.44. The number of rotatable bonds is 3. The summed E-state index contributed by atoms with van der Waals surface area (Å²) >= 11 is 3.19. The molecule has 0 radical (unpaired) electrons. The molecule has 0 spiro atoms. The Kier molecular flexibility index (Phi) is 3.78. The molecule has 5 rings (SSSR count). The molecule has 1 aliphatic carbocycles. The summed E-state index contributed by atoms with van der Waals surface area (Å²) in [4.78, 5) is 12.7. The van der Waals surface area contributed by atoms with E-state index in [0.29, 0.717) is 11.1 Å². The first-order valence-electron chi connectivity index (χ1n) is 8.88. The molecule has 4 N–H and O–H groups in total. The Morgan fingerprint density at radius 1 is 1.38 bits per heavy atom. The first-order valence-corrected chi connectivity index (χ1v) is 10.7. The van der Waals surface area contributed by atoms with Crippen LogP contribution in [0.3, 0.4) is 0 Å². The van der Waals surface area contributed by atoms with E-state index in [1.165, 1.54) is 45.6 Å². The van der Waals surface area contributed by atoms with Gasteiger partial charge in [0.1, 0.15) is 11.2 Å². The molecule has 2 aromatic heterocycles. The normalized spacial score (nSPS) is 26.2. The quantitative estimate of drug-likeness (QED) is 0.684. The zero-order valence-electron chi connectivity index (χ0n) is 14.7. The lowest BCUT2D eigenvalue weighted by Crippen LogP contribution is -2.40. The van der Waals surface area contributed by atoms with Gasteiger partial charge in [0, 0.05) is 10.4 Å². The largest absolute Gasteiger partial charge is 0.369 e. The minimum atomic E-state index is -0.352. The highest BCUT2D eigenvalue weighted by Gasteiger charge is 2.44. The SMILES string of the molecule is CC1NC2c3c(sc4c3[C@H](C)CCC4)-n3c(SCC(N)=O)nnc3N2N1. The van der Waals surface area contributed by atoms with E-state index < -0.39 is 0 Å². The lowest BCUT2D eigenvalue weighted by atomic mass is 9.85. The van der Waals surface area contributed by atoms with Gasteiger partial charge in [-0.3, -0.25) is 15.1 Å². The number of aromatic nitrogens is 3. The highest BCUT2D eigenvalue weighted by Crippen LogP contribution is 2.50. The monoisotopic (exact) mass is 391 g/mol. The van der Waals surface area contributed by atoms with Crippen LogP contribution in [0, 0.1) is 0 Å². The molecule has 4 heterocycles. The number of nitrogens with zero attached hydrogens (tertiary/aromatic N) is 4. The second kappa shape index (κ2) is 5.95. The van der Waals surface area contributed by atoms with Crippen molar-refractivity contribution >= 4 is 35.0 Å². The van der Waals surface area contributed by atoms with Crippen molar-refractivity contribution in [1.82, 2.24) is 25.5 Å². The molecular formula is C16H21N7OS2. The van der Waals surface area contributed by atoms with E-state index in [0.717, 1.165) is 12.4 Å². The Balaban J connectivity index is 1.70. The summed E-state index contributed by atoms with van der Waals surface area (Å²) in [6, 6.07) is 0. The first-order chi connectivity index (χ1) is 12.5. The van der Waals surface area contributed by atoms with Gasteiger partial charge in [0.05, 0.1) is 11.9 Å². The van der Waals surface area contributed by atoms with E-state index >= 15 is 0 Å². The van der Waals surface area contributed by atoms with Crippen molar-refractivity contribution in [2.45, 2.75) is 56.5 Å². The third-order valence-electron chi connectivity index (χ3n) is 5.23. The zero-order valence-corrected chi connectivity index (χ0v) is 16.3. The molecule has 1 amide bonds. The number of anilines is 1. The Morgan fingerprint density at radius 3 is 3.04 bits per heavy atom. The van der Waals surface area contributed by atoms with Crippen LogP contribution in [-0.4, -0.2) is 32.6 Å². The Morgan fingerprint density at radius 2 is 2.23 bits per heavy atom. The minimum Gasteiger partial charge on any atom is -0.369 e. The van der Waals surface area contributed by atoms with Crippen molar-refractivity contribution in [2.24, 2.45) is 5.73 Å². The molecule has 2 aromatic rings. The number of carbonyl (C=O) groups excluding carboxylic acids is 1. The van der Waals surface area contributed by atoms with Gasteiger partial charge in [-0.05, 0) is 37.7 Å². The highest BCUT2D eigenvalue weighted by molar-refractivity contribution is 7.99. The van der Waals surface area contributed by atoms with Gasteiger partial charge in [-0.15, -0.1) is 21.5 Å². The number of primary amides is 1. The van der Waals surface area contributed by atoms with Gasteiger partial charge in [-0.2, -0.15) is 0 Å². The standard InChI is InChI=1S/C16H21N7OS2/c1-7-4-3-5-9-11(7)12-13-18-8(2)21-23(13)15-19-20-16(25-6-10(17)24)22(15)14(12)26-9/h7-8,13,18,21H,3-6H2,1-2H3,(H2,17,24)/t7-,8?,13?/m1/s1. The first kappa shape index (κ1) is 16.5. The molecule has 3 aliphatic rings. The molecule has 3 atom stereocenters. The Bertz CT molecular complexity index is 892. The second-order valence-electron chi connectivity index (χ2n) is 7.11. The lowest BCUT2D eigenvalue weighted by Gasteiger charge is -2.32. The van der Waals surface area contributed by atoms with E-state index in [4.69, 9.17) is 5.73 Å². The number of nitrogens with two attached hydrogens (primary N) is 1.